The fourth-order valence-electron chi connectivity index (χ4n) is 10.7. The van der Waals surface area contributed by atoms with Gasteiger partial charge in [0.15, 0.2) is 6.29 Å². The van der Waals surface area contributed by atoms with Gasteiger partial charge in [0.05, 0.1) is 41.9 Å². The molecule has 0 bridgehead atoms. The summed E-state index contributed by atoms with van der Waals surface area (Å²) in [5, 5.41) is 44.1. The van der Waals surface area contributed by atoms with Crippen LogP contribution in [-0.2, 0) is 23.7 Å². The van der Waals surface area contributed by atoms with Crippen molar-refractivity contribution in [3.8, 4) is 0 Å². The molecule has 9 nitrogen and oxygen atoms in total. The Hall–Kier alpha value is -0.780. The van der Waals surface area contributed by atoms with Crippen LogP contribution < -0.4 is 0 Å². The second-order valence-electron chi connectivity index (χ2n) is 15.4. The van der Waals surface area contributed by atoms with E-state index in [-0.39, 0.29) is 34.9 Å². The molecule has 0 aromatic carbocycles. The van der Waals surface area contributed by atoms with Gasteiger partial charge in [-0.2, -0.15) is 0 Å². The van der Waals surface area contributed by atoms with E-state index in [1.165, 1.54) is 0 Å². The van der Waals surface area contributed by atoms with Crippen molar-refractivity contribution in [2.45, 2.75) is 160 Å². The third-order valence-electron chi connectivity index (χ3n) is 13.3. The van der Waals surface area contributed by atoms with Crippen LogP contribution in [0.15, 0.2) is 11.8 Å². The highest BCUT2D eigenvalue weighted by Crippen LogP contribution is 2.69. The summed E-state index contributed by atoms with van der Waals surface area (Å²) in [7, 11) is 1.57. The fraction of sp³-hybridized carbons (Fsp3) is 0.941. The number of rotatable bonds is 6. The smallest absolute Gasteiger partial charge is 0.202 e. The normalized spacial score (nSPS) is 54.1. The van der Waals surface area contributed by atoms with Crippen LogP contribution in [0.1, 0.15) is 98.8 Å². The van der Waals surface area contributed by atoms with Crippen molar-refractivity contribution in [1.29, 1.82) is 0 Å². The topological polar surface area (TPSA) is 127 Å². The highest BCUT2D eigenvalue weighted by atomic mass is 16.7. The van der Waals surface area contributed by atoms with Gasteiger partial charge in [-0.3, -0.25) is 0 Å². The van der Waals surface area contributed by atoms with Crippen LogP contribution in [0.25, 0.3) is 0 Å². The Morgan fingerprint density at radius 3 is 2.37 bits per heavy atom. The summed E-state index contributed by atoms with van der Waals surface area (Å²) in [5.41, 5.74) is -0.798. The molecule has 2 aliphatic heterocycles. The van der Waals surface area contributed by atoms with Gasteiger partial charge in [-0.05, 0) is 101 Å². The summed E-state index contributed by atoms with van der Waals surface area (Å²) in [6.07, 6.45) is 5.82. The first-order chi connectivity index (χ1) is 20.3. The zero-order valence-electron chi connectivity index (χ0n) is 27.0. The Balaban J connectivity index is 1.08. The zero-order chi connectivity index (χ0) is 30.9. The number of fused-ring (bicyclic) bond motifs is 5. The van der Waals surface area contributed by atoms with Gasteiger partial charge < -0.3 is 44.1 Å². The molecule has 0 spiro atoms. The number of ether oxygens (including phenoxy) is 5. The van der Waals surface area contributed by atoms with Crippen LogP contribution in [-0.4, -0.2) is 88.4 Å². The maximum atomic E-state index is 12.3. The van der Waals surface area contributed by atoms with Gasteiger partial charge >= 0.3 is 0 Å². The van der Waals surface area contributed by atoms with E-state index in [1.807, 2.05) is 13.8 Å². The Morgan fingerprint density at radius 1 is 0.930 bits per heavy atom. The van der Waals surface area contributed by atoms with Crippen LogP contribution in [0.4, 0.5) is 0 Å². The molecule has 9 heteroatoms. The summed E-state index contributed by atoms with van der Waals surface area (Å²) in [5.74, 6) is 2.24. The maximum Gasteiger partial charge on any atom is 0.202 e. The van der Waals surface area contributed by atoms with E-state index in [0.29, 0.717) is 24.7 Å². The SMILES string of the molecule is CO[C@H]1C[C@@H](O[C@@H]2[C@@H](O)C[C@@H](OC3=C[C@H]4CC[C@H]5[C@H](CC[C@]6(C)[C@@H]([C@H](C)O)CC[C@]56O)[C@@]4(C)CC3)O[C@@H]2C)O[C@H](C)[C@@H]1O. The first kappa shape index (κ1) is 32.2. The van der Waals surface area contributed by atoms with E-state index in [0.717, 1.165) is 57.1 Å². The molecular formula is C34H56O9. The second-order valence-corrected chi connectivity index (χ2v) is 15.4. The number of aliphatic hydroxyl groups is 4. The minimum Gasteiger partial charge on any atom is -0.470 e. The fourth-order valence-corrected chi connectivity index (χ4v) is 10.7. The molecule has 0 amide bonds. The predicted octanol–water partition coefficient (Wildman–Crippen LogP) is 4.04. The average molecular weight is 609 g/mol. The molecule has 43 heavy (non-hydrogen) atoms. The van der Waals surface area contributed by atoms with Gasteiger partial charge in [-0.25, -0.2) is 0 Å². The van der Waals surface area contributed by atoms with Crippen LogP contribution in [0.2, 0.25) is 0 Å². The quantitative estimate of drug-likeness (QED) is 0.353. The van der Waals surface area contributed by atoms with E-state index in [1.54, 1.807) is 14.0 Å². The van der Waals surface area contributed by atoms with E-state index >= 15 is 0 Å². The molecule has 0 unspecified atom stereocenters. The van der Waals surface area contributed by atoms with Crippen molar-refractivity contribution < 1.29 is 44.1 Å². The standard InChI is InChI=1S/C34H56O9/c1-18(35)23-11-14-34(38)25-8-7-21-15-22(9-12-32(21,4)24(25)10-13-33(23,34)5)42-28-16-26(36)31(20(3)41-28)43-29-17-27(39-6)30(37)19(2)40-29/h15,18-21,23-31,35-38H,7-14,16-17H2,1-6H3/t18-,19+,20+,21+,23+,24-,25-,26-,27-,28+,29+,30-,31-,32-,33+,34-/m0/s1. The van der Waals surface area contributed by atoms with Crippen LogP contribution in [0.5, 0.6) is 0 Å². The molecule has 2 heterocycles. The molecule has 246 valence electrons. The summed E-state index contributed by atoms with van der Waals surface area (Å²) in [4.78, 5) is 0. The number of allylic oxidation sites excluding steroid dienone is 2. The minimum atomic E-state index is -0.778. The predicted molar refractivity (Wildman–Crippen MR) is 158 cm³/mol. The Labute approximate surface area is 257 Å². The highest BCUT2D eigenvalue weighted by Gasteiger charge is 2.67. The number of hydrogen-bond acceptors (Lipinski definition) is 9. The third kappa shape index (κ3) is 5.32. The molecule has 16 atom stereocenters. The minimum absolute atomic E-state index is 0.111. The van der Waals surface area contributed by atoms with Gasteiger partial charge in [0.2, 0.25) is 6.29 Å². The molecule has 0 radical (unpaired) electrons. The lowest BCUT2D eigenvalue weighted by Gasteiger charge is -2.63. The van der Waals surface area contributed by atoms with Crippen LogP contribution in [0, 0.1) is 34.5 Å². The Kier molecular flexibility index (Phi) is 8.82. The van der Waals surface area contributed by atoms with Gasteiger partial charge in [0, 0.05) is 31.8 Å². The third-order valence-corrected chi connectivity index (χ3v) is 13.3. The summed E-state index contributed by atoms with van der Waals surface area (Å²) in [6.45, 7) is 10.3. The largest absolute Gasteiger partial charge is 0.470 e. The molecule has 2 saturated heterocycles. The molecule has 6 aliphatic rings. The molecule has 6 rings (SSSR count). The second kappa shape index (κ2) is 11.8. The molecule has 4 aliphatic carbocycles. The molecule has 4 N–H and O–H groups in total. The lowest BCUT2D eigenvalue weighted by molar-refractivity contribution is -0.309. The van der Waals surface area contributed by atoms with E-state index in [9.17, 15) is 20.4 Å². The maximum absolute atomic E-state index is 12.3. The zero-order valence-corrected chi connectivity index (χ0v) is 27.0. The molecule has 5 fully saturated rings. The number of aliphatic hydroxyl groups excluding tert-OH is 3. The van der Waals surface area contributed by atoms with Crippen molar-refractivity contribution >= 4 is 0 Å². The summed E-state index contributed by atoms with van der Waals surface area (Å²) >= 11 is 0. The lowest BCUT2D eigenvalue weighted by Crippen LogP contribution is -2.62. The first-order valence-corrected chi connectivity index (χ1v) is 16.9. The van der Waals surface area contributed by atoms with Crippen molar-refractivity contribution in [3.63, 3.8) is 0 Å². The van der Waals surface area contributed by atoms with E-state index in [4.69, 9.17) is 23.7 Å². The van der Waals surface area contributed by atoms with Gasteiger partial charge in [-0.15, -0.1) is 0 Å². The van der Waals surface area contributed by atoms with Crippen molar-refractivity contribution in [3.05, 3.63) is 11.8 Å². The number of methoxy groups -OCH3 is 1. The average Bonchev–Trinajstić information content (AvgIpc) is 3.24. The van der Waals surface area contributed by atoms with E-state index in [2.05, 4.69) is 19.9 Å². The lowest BCUT2D eigenvalue weighted by atomic mass is 9.44. The van der Waals surface area contributed by atoms with Crippen molar-refractivity contribution in [2.75, 3.05) is 7.11 Å². The van der Waals surface area contributed by atoms with Gasteiger partial charge in [-0.1, -0.05) is 13.8 Å². The monoisotopic (exact) mass is 608 g/mol. The summed E-state index contributed by atoms with van der Waals surface area (Å²) < 4.78 is 30.0. The van der Waals surface area contributed by atoms with Crippen LogP contribution in [0.3, 0.4) is 0 Å². The van der Waals surface area contributed by atoms with Crippen LogP contribution >= 0.6 is 0 Å². The first-order valence-electron chi connectivity index (χ1n) is 16.9. The van der Waals surface area contributed by atoms with Gasteiger partial charge in [0.1, 0.15) is 12.2 Å². The van der Waals surface area contributed by atoms with Crippen molar-refractivity contribution in [2.24, 2.45) is 34.5 Å². The highest BCUT2D eigenvalue weighted by molar-refractivity contribution is 5.20. The van der Waals surface area contributed by atoms with Gasteiger partial charge in [0.25, 0.3) is 0 Å². The van der Waals surface area contributed by atoms with Crippen molar-refractivity contribution in [1.82, 2.24) is 0 Å². The number of hydrogen-bond donors (Lipinski definition) is 4. The molecule has 3 saturated carbocycles. The Bertz CT molecular complexity index is 1020. The Morgan fingerprint density at radius 2 is 1.67 bits per heavy atom. The molecular weight excluding hydrogens is 552 g/mol. The molecule has 0 aromatic rings. The summed E-state index contributed by atoms with van der Waals surface area (Å²) in [6, 6.07) is 0. The molecule has 0 aromatic heterocycles. The van der Waals surface area contributed by atoms with E-state index < -0.39 is 48.7 Å².